The summed E-state index contributed by atoms with van der Waals surface area (Å²) in [5.74, 6) is -0.433. The van der Waals surface area contributed by atoms with E-state index in [9.17, 15) is 18.8 Å². The van der Waals surface area contributed by atoms with Gasteiger partial charge in [0.05, 0.1) is 18.0 Å². The average molecular weight is 646 g/mol. The first-order chi connectivity index (χ1) is 23.2. The fourth-order valence-corrected chi connectivity index (χ4v) is 5.14. The van der Waals surface area contributed by atoms with Crippen LogP contribution in [0.15, 0.2) is 106 Å². The van der Waals surface area contributed by atoms with E-state index in [1.807, 2.05) is 24.4 Å². The number of halogens is 1. The molecular formula is C33H24FN9O5. The Morgan fingerprint density at radius 2 is 1.77 bits per heavy atom. The number of aromatic nitrogens is 7. The fourth-order valence-electron chi connectivity index (χ4n) is 5.14. The number of amides is 1. The van der Waals surface area contributed by atoms with E-state index in [1.54, 1.807) is 48.3 Å². The van der Waals surface area contributed by atoms with E-state index in [0.717, 1.165) is 34.2 Å². The zero-order valence-corrected chi connectivity index (χ0v) is 25.3. The summed E-state index contributed by atoms with van der Waals surface area (Å²) in [4.78, 5) is 51.6. The van der Waals surface area contributed by atoms with Crippen LogP contribution in [0.2, 0.25) is 0 Å². The number of hydrogen-bond acceptors (Lipinski definition) is 10. The summed E-state index contributed by atoms with van der Waals surface area (Å²) in [5.41, 5.74) is 7.46. The number of carbonyl (C=O) groups excluding carboxylic acids is 1. The summed E-state index contributed by atoms with van der Waals surface area (Å²) in [6, 6.07) is 15.9. The molecule has 0 unspecified atom stereocenters. The monoisotopic (exact) mass is 645 g/mol. The number of nitrogens with zero attached hydrogens (tertiary/aromatic N) is 7. The Labute approximate surface area is 269 Å². The highest BCUT2D eigenvalue weighted by Crippen LogP contribution is 2.44. The van der Waals surface area contributed by atoms with Crippen molar-refractivity contribution in [1.82, 2.24) is 33.9 Å². The van der Waals surface area contributed by atoms with Crippen LogP contribution in [0.3, 0.4) is 0 Å². The van der Waals surface area contributed by atoms with Crippen molar-refractivity contribution in [3.63, 3.8) is 0 Å². The van der Waals surface area contributed by atoms with Crippen LogP contribution in [0, 0.1) is 5.82 Å². The van der Waals surface area contributed by atoms with Crippen LogP contribution >= 0.6 is 0 Å². The molecule has 7 aromatic rings. The lowest BCUT2D eigenvalue weighted by molar-refractivity contribution is 0.102. The molecule has 0 radical (unpaired) electrons. The van der Waals surface area contributed by atoms with Gasteiger partial charge < -0.3 is 24.8 Å². The van der Waals surface area contributed by atoms with Crippen LogP contribution in [0.5, 0.6) is 11.6 Å². The van der Waals surface area contributed by atoms with Crippen LogP contribution in [-0.2, 0) is 14.1 Å². The second-order valence-electron chi connectivity index (χ2n) is 10.7. The quantitative estimate of drug-likeness (QED) is 0.238. The first kappa shape index (κ1) is 29.8. The molecular weight excluding hydrogens is 621 g/mol. The maximum atomic E-state index is 13.4. The molecule has 5 heterocycles. The van der Waals surface area contributed by atoms with E-state index < -0.39 is 23.0 Å². The van der Waals surface area contributed by atoms with Crippen molar-refractivity contribution in [2.24, 2.45) is 14.1 Å². The van der Waals surface area contributed by atoms with Crippen molar-refractivity contribution in [3.8, 4) is 39.9 Å². The molecule has 3 N–H and O–H groups in total. The molecule has 238 valence electrons. The summed E-state index contributed by atoms with van der Waals surface area (Å²) in [6.45, 7) is 0. The molecule has 0 bridgehead atoms. The van der Waals surface area contributed by atoms with E-state index in [1.165, 1.54) is 19.4 Å². The number of ether oxygens (including phenoxy) is 1. The van der Waals surface area contributed by atoms with Gasteiger partial charge in [-0.1, -0.05) is 12.1 Å². The van der Waals surface area contributed by atoms with Gasteiger partial charge in [0.25, 0.3) is 11.5 Å². The molecule has 0 saturated heterocycles. The minimum atomic E-state index is -0.913. The minimum absolute atomic E-state index is 0.124. The highest BCUT2D eigenvalue weighted by Gasteiger charge is 2.24. The predicted octanol–water partition coefficient (Wildman–Crippen LogP) is 4.30. The number of pyridine rings is 1. The van der Waals surface area contributed by atoms with E-state index >= 15 is 0 Å². The van der Waals surface area contributed by atoms with Crippen LogP contribution in [-0.4, -0.2) is 39.8 Å². The zero-order valence-electron chi connectivity index (χ0n) is 25.3. The number of hydrogen-bond donors (Lipinski definition) is 2. The number of nitrogens with two attached hydrogens (primary N) is 1. The third kappa shape index (κ3) is 5.44. The topological polar surface area (TPSA) is 178 Å². The Morgan fingerprint density at radius 3 is 2.48 bits per heavy atom. The van der Waals surface area contributed by atoms with Gasteiger partial charge in [-0.25, -0.2) is 28.7 Å². The average Bonchev–Trinajstić information content (AvgIpc) is 3.69. The number of furan rings is 1. The summed E-state index contributed by atoms with van der Waals surface area (Å²) in [6.07, 6.45) is 6.82. The summed E-state index contributed by atoms with van der Waals surface area (Å²) in [5, 5.41) is 7.44. The molecule has 5 aromatic heterocycles. The van der Waals surface area contributed by atoms with Crippen molar-refractivity contribution in [2.75, 3.05) is 11.1 Å². The normalized spacial score (nSPS) is 11.1. The smallest absolute Gasteiger partial charge is 0.336 e. The molecule has 0 atom stereocenters. The lowest BCUT2D eigenvalue weighted by Gasteiger charge is -2.11. The molecule has 14 nitrogen and oxygen atoms in total. The SMILES string of the molecule is Cn1cc(-c2oc3ncnc(Oc4ccc(NC(=O)c5cn(C)c(=O)n(-c6ccc(F)cn6)c5=O)cc4)c3c2-c2cccc(N)c2)cn1. The van der Waals surface area contributed by atoms with Crippen LogP contribution in [0.1, 0.15) is 10.4 Å². The third-order valence-electron chi connectivity index (χ3n) is 7.36. The summed E-state index contributed by atoms with van der Waals surface area (Å²) >= 11 is 0. The van der Waals surface area contributed by atoms with Crippen LogP contribution in [0.4, 0.5) is 15.8 Å². The lowest BCUT2D eigenvalue weighted by atomic mass is 10.0. The maximum Gasteiger partial charge on any atom is 0.336 e. The van der Waals surface area contributed by atoms with Gasteiger partial charge in [-0.05, 0) is 54.1 Å². The van der Waals surface area contributed by atoms with Gasteiger partial charge in [0.15, 0.2) is 0 Å². The van der Waals surface area contributed by atoms with Gasteiger partial charge in [-0.15, -0.1) is 0 Å². The number of aryl methyl sites for hydroxylation is 2. The highest BCUT2D eigenvalue weighted by molar-refractivity contribution is 6.04. The van der Waals surface area contributed by atoms with Gasteiger partial charge in [-0.3, -0.25) is 14.3 Å². The lowest BCUT2D eigenvalue weighted by Crippen LogP contribution is -2.41. The van der Waals surface area contributed by atoms with E-state index in [0.29, 0.717) is 44.1 Å². The molecule has 2 aromatic carbocycles. The number of benzene rings is 2. The fraction of sp³-hybridized carbons (Fsp3) is 0.0606. The van der Waals surface area contributed by atoms with Gasteiger partial charge >= 0.3 is 5.69 Å². The predicted molar refractivity (Wildman–Crippen MR) is 173 cm³/mol. The molecule has 0 aliphatic rings. The number of anilines is 2. The standard InChI is InChI=1S/C33H24FN9O5/c1-41-16-24(32(45)43(33(41)46)25-11-6-20(34)14-36-25)29(44)40-22-7-9-23(10-8-22)47-30-27-26(18-4-3-5-21(35)12-18)28(19-13-39-42(2)15-19)48-31(27)38-17-37-30/h3-17H,35H2,1-2H3,(H,40,44). The Kier molecular flexibility index (Phi) is 7.32. The van der Waals surface area contributed by atoms with Gasteiger partial charge in [-0.2, -0.15) is 5.10 Å². The molecule has 0 spiro atoms. The number of rotatable bonds is 7. The first-order valence-corrected chi connectivity index (χ1v) is 14.3. The highest BCUT2D eigenvalue weighted by atomic mass is 19.1. The van der Waals surface area contributed by atoms with Crippen molar-refractivity contribution >= 4 is 28.4 Å². The second-order valence-corrected chi connectivity index (χ2v) is 10.7. The molecule has 7 rings (SSSR count). The molecule has 48 heavy (non-hydrogen) atoms. The van der Waals surface area contributed by atoms with Gasteiger partial charge in [0.1, 0.15) is 40.4 Å². The molecule has 0 fully saturated rings. The van der Waals surface area contributed by atoms with Crippen LogP contribution < -0.4 is 27.0 Å². The Bertz CT molecular complexity index is 2460. The molecule has 15 heteroatoms. The first-order valence-electron chi connectivity index (χ1n) is 14.3. The summed E-state index contributed by atoms with van der Waals surface area (Å²) in [7, 11) is 3.18. The van der Waals surface area contributed by atoms with Crippen molar-refractivity contribution in [1.29, 1.82) is 0 Å². The van der Waals surface area contributed by atoms with E-state index in [4.69, 9.17) is 14.9 Å². The second kappa shape index (κ2) is 11.8. The van der Waals surface area contributed by atoms with Gasteiger partial charge in [0.2, 0.25) is 11.6 Å². The Morgan fingerprint density at radius 1 is 0.958 bits per heavy atom. The third-order valence-corrected chi connectivity index (χ3v) is 7.36. The molecule has 0 aliphatic carbocycles. The van der Waals surface area contributed by atoms with Gasteiger partial charge in [0, 0.05) is 43.4 Å². The van der Waals surface area contributed by atoms with Crippen LogP contribution in [0.25, 0.3) is 39.4 Å². The minimum Gasteiger partial charge on any atom is -0.438 e. The Balaban J connectivity index is 1.19. The molecule has 1 amide bonds. The Hall–Kier alpha value is -6.90. The zero-order chi connectivity index (χ0) is 33.5. The molecule has 0 aliphatic heterocycles. The van der Waals surface area contributed by atoms with Crippen molar-refractivity contribution in [3.05, 3.63) is 124 Å². The van der Waals surface area contributed by atoms with E-state index in [-0.39, 0.29) is 17.3 Å². The maximum absolute atomic E-state index is 13.4. The van der Waals surface area contributed by atoms with Crippen molar-refractivity contribution in [2.45, 2.75) is 0 Å². The number of nitrogen functional groups attached to an aromatic ring is 1. The summed E-state index contributed by atoms with van der Waals surface area (Å²) < 4.78 is 29.2. The largest absolute Gasteiger partial charge is 0.438 e. The number of nitrogens with one attached hydrogen (secondary N) is 1. The van der Waals surface area contributed by atoms with E-state index in [2.05, 4.69) is 25.4 Å². The number of carbonyl (C=O) groups is 1. The number of fused-ring (bicyclic) bond motifs is 1. The van der Waals surface area contributed by atoms with Crippen molar-refractivity contribution < 1.29 is 18.3 Å². The molecule has 0 saturated carbocycles.